The highest BCUT2D eigenvalue weighted by Crippen LogP contribution is 2.34. The first-order valence-electron chi connectivity index (χ1n) is 6.68. The number of hydrogen-bond donors (Lipinski definition) is 1. The molecule has 1 saturated heterocycles. The third-order valence-corrected chi connectivity index (χ3v) is 4.88. The van der Waals surface area contributed by atoms with Crippen LogP contribution in [0.15, 0.2) is 12.1 Å². The fourth-order valence-corrected chi connectivity index (χ4v) is 3.68. The summed E-state index contributed by atoms with van der Waals surface area (Å²) in [5, 5.41) is 0. The Morgan fingerprint density at radius 2 is 2.32 bits per heavy atom. The molecule has 2 N–H and O–H groups in total. The van der Waals surface area contributed by atoms with E-state index in [1.165, 1.54) is 9.75 Å². The molecule has 0 aliphatic carbocycles. The largest absolute Gasteiger partial charge is 0.368 e. The highest BCUT2D eigenvalue weighted by molar-refractivity contribution is 7.12. The lowest BCUT2D eigenvalue weighted by atomic mass is 9.93. The molecule has 2 atom stereocenters. The first-order valence-corrected chi connectivity index (χ1v) is 7.49. The van der Waals surface area contributed by atoms with Crippen molar-refractivity contribution in [2.24, 2.45) is 5.73 Å². The van der Waals surface area contributed by atoms with Crippen molar-refractivity contribution in [3.8, 4) is 0 Å². The van der Waals surface area contributed by atoms with Crippen LogP contribution in [0.5, 0.6) is 0 Å². The van der Waals surface area contributed by atoms with Crippen molar-refractivity contribution in [2.75, 3.05) is 6.54 Å². The first-order chi connectivity index (χ1) is 9.02. The van der Waals surface area contributed by atoms with Crippen molar-refractivity contribution in [3.63, 3.8) is 0 Å². The number of aryl methyl sites for hydroxylation is 1. The molecule has 1 fully saturated rings. The van der Waals surface area contributed by atoms with Crippen molar-refractivity contribution in [1.82, 2.24) is 4.90 Å². The predicted octanol–water partition coefficient (Wildman–Crippen LogP) is 2.03. The standard InChI is InChI=1S/C14H20N2O2S/c1-3-11(14(15)18)16-7-6-10(8-13(16)17)12-5-4-9(2)19-12/h4-5,10-11H,3,6-8H2,1-2H3,(H2,15,18). The van der Waals surface area contributed by atoms with Gasteiger partial charge in [0.05, 0.1) is 0 Å². The average Bonchev–Trinajstić information content (AvgIpc) is 2.78. The van der Waals surface area contributed by atoms with Crippen LogP contribution in [0, 0.1) is 6.92 Å². The van der Waals surface area contributed by atoms with Gasteiger partial charge in [0.2, 0.25) is 11.8 Å². The van der Waals surface area contributed by atoms with Crippen LogP contribution in [0.2, 0.25) is 0 Å². The molecule has 104 valence electrons. The zero-order valence-electron chi connectivity index (χ0n) is 11.4. The molecule has 0 saturated carbocycles. The third-order valence-electron chi connectivity index (χ3n) is 3.71. The summed E-state index contributed by atoms with van der Waals surface area (Å²) in [6.07, 6.45) is 1.99. The van der Waals surface area contributed by atoms with Crippen LogP contribution >= 0.6 is 11.3 Å². The molecule has 2 unspecified atom stereocenters. The minimum atomic E-state index is -0.446. The number of nitrogens with zero attached hydrogens (tertiary/aromatic N) is 1. The summed E-state index contributed by atoms with van der Waals surface area (Å²) in [5.41, 5.74) is 5.36. The number of piperidine rings is 1. The maximum atomic E-state index is 12.2. The Labute approximate surface area is 117 Å². The fraction of sp³-hybridized carbons (Fsp3) is 0.571. The Morgan fingerprint density at radius 1 is 1.58 bits per heavy atom. The van der Waals surface area contributed by atoms with Crippen molar-refractivity contribution in [3.05, 3.63) is 21.9 Å². The molecular formula is C14H20N2O2S. The normalized spacial score (nSPS) is 21.5. The predicted molar refractivity (Wildman–Crippen MR) is 76.0 cm³/mol. The van der Waals surface area contributed by atoms with E-state index in [0.717, 1.165) is 6.42 Å². The maximum Gasteiger partial charge on any atom is 0.240 e. The van der Waals surface area contributed by atoms with Gasteiger partial charge < -0.3 is 10.6 Å². The highest BCUT2D eigenvalue weighted by Gasteiger charge is 2.33. The van der Waals surface area contributed by atoms with E-state index in [4.69, 9.17) is 5.73 Å². The zero-order valence-corrected chi connectivity index (χ0v) is 12.2. The Balaban J connectivity index is 2.06. The fourth-order valence-electron chi connectivity index (χ4n) is 2.67. The number of amides is 2. The molecule has 0 radical (unpaired) electrons. The van der Waals surface area contributed by atoms with Crippen LogP contribution in [0.25, 0.3) is 0 Å². The van der Waals surface area contributed by atoms with Gasteiger partial charge in [-0.15, -0.1) is 11.3 Å². The van der Waals surface area contributed by atoms with Crippen LogP contribution in [-0.2, 0) is 9.59 Å². The van der Waals surface area contributed by atoms with Crippen LogP contribution < -0.4 is 5.73 Å². The molecule has 0 bridgehead atoms. The monoisotopic (exact) mass is 280 g/mol. The number of carbonyl (C=O) groups is 2. The number of thiophene rings is 1. The van der Waals surface area contributed by atoms with Gasteiger partial charge in [-0.2, -0.15) is 0 Å². The highest BCUT2D eigenvalue weighted by atomic mass is 32.1. The van der Waals surface area contributed by atoms with Crippen LogP contribution in [0.4, 0.5) is 0 Å². The minimum Gasteiger partial charge on any atom is -0.368 e. The second-order valence-electron chi connectivity index (χ2n) is 5.05. The van der Waals surface area contributed by atoms with Gasteiger partial charge >= 0.3 is 0 Å². The van der Waals surface area contributed by atoms with E-state index in [1.807, 2.05) is 6.92 Å². The Morgan fingerprint density at radius 3 is 2.79 bits per heavy atom. The molecule has 1 aromatic rings. The van der Waals surface area contributed by atoms with Gasteiger partial charge in [-0.1, -0.05) is 6.92 Å². The van der Waals surface area contributed by atoms with Gasteiger partial charge in [-0.05, 0) is 31.9 Å². The minimum absolute atomic E-state index is 0.0490. The number of nitrogens with two attached hydrogens (primary N) is 1. The van der Waals surface area contributed by atoms with Crippen molar-refractivity contribution >= 4 is 23.2 Å². The molecule has 1 aliphatic rings. The summed E-state index contributed by atoms with van der Waals surface area (Å²) in [7, 11) is 0. The second-order valence-corrected chi connectivity index (χ2v) is 6.37. The molecular weight excluding hydrogens is 260 g/mol. The second kappa shape index (κ2) is 5.74. The summed E-state index contributed by atoms with van der Waals surface area (Å²) in [4.78, 5) is 27.8. The van der Waals surface area contributed by atoms with Crippen molar-refractivity contribution < 1.29 is 9.59 Å². The number of primary amides is 1. The topological polar surface area (TPSA) is 63.4 Å². The van der Waals surface area contributed by atoms with E-state index in [1.54, 1.807) is 16.2 Å². The lowest BCUT2D eigenvalue weighted by molar-refractivity contribution is -0.142. The van der Waals surface area contributed by atoms with Gasteiger partial charge in [0.25, 0.3) is 0 Å². The molecule has 1 aromatic heterocycles. The Kier molecular flexibility index (Phi) is 4.24. The third kappa shape index (κ3) is 2.97. The molecule has 0 aromatic carbocycles. The molecule has 5 heteroatoms. The molecule has 1 aliphatic heterocycles. The van der Waals surface area contributed by atoms with Gasteiger partial charge in [0.1, 0.15) is 6.04 Å². The molecule has 2 amide bonds. The Hall–Kier alpha value is -1.36. The van der Waals surface area contributed by atoms with Crippen molar-refractivity contribution in [1.29, 1.82) is 0 Å². The van der Waals surface area contributed by atoms with E-state index < -0.39 is 11.9 Å². The zero-order chi connectivity index (χ0) is 14.0. The molecule has 4 nitrogen and oxygen atoms in total. The average molecular weight is 280 g/mol. The summed E-state index contributed by atoms with van der Waals surface area (Å²) < 4.78 is 0. The van der Waals surface area contributed by atoms with Gasteiger partial charge in [0, 0.05) is 28.6 Å². The number of carbonyl (C=O) groups excluding carboxylic acids is 2. The van der Waals surface area contributed by atoms with Crippen LogP contribution in [0.3, 0.4) is 0 Å². The quantitative estimate of drug-likeness (QED) is 0.917. The van der Waals surface area contributed by atoms with E-state index >= 15 is 0 Å². The maximum absolute atomic E-state index is 12.2. The summed E-state index contributed by atoms with van der Waals surface area (Å²) in [6.45, 7) is 4.59. The summed E-state index contributed by atoms with van der Waals surface area (Å²) in [6, 6.07) is 3.76. The molecule has 2 rings (SSSR count). The lowest BCUT2D eigenvalue weighted by Crippen LogP contribution is -2.50. The van der Waals surface area contributed by atoms with Crippen LogP contribution in [0.1, 0.15) is 41.9 Å². The van der Waals surface area contributed by atoms with E-state index in [-0.39, 0.29) is 5.91 Å². The van der Waals surface area contributed by atoms with Gasteiger partial charge in [-0.25, -0.2) is 0 Å². The van der Waals surface area contributed by atoms with Gasteiger partial charge in [-0.3, -0.25) is 9.59 Å². The lowest BCUT2D eigenvalue weighted by Gasteiger charge is -2.35. The molecule has 0 spiro atoms. The number of likely N-dealkylation sites (tertiary alicyclic amines) is 1. The summed E-state index contributed by atoms with van der Waals surface area (Å²) >= 11 is 1.76. The first kappa shape index (κ1) is 14.1. The summed E-state index contributed by atoms with van der Waals surface area (Å²) in [5.74, 6) is -0.0537. The van der Waals surface area contributed by atoms with E-state index in [2.05, 4.69) is 19.1 Å². The van der Waals surface area contributed by atoms with Crippen LogP contribution in [-0.4, -0.2) is 29.3 Å². The SMILES string of the molecule is CCC(C(N)=O)N1CCC(c2ccc(C)s2)CC1=O. The Bertz CT molecular complexity index is 484. The van der Waals surface area contributed by atoms with E-state index in [0.29, 0.717) is 25.3 Å². The van der Waals surface area contributed by atoms with Gasteiger partial charge in [0.15, 0.2) is 0 Å². The molecule has 19 heavy (non-hydrogen) atoms. The number of rotatable bonds is 4. The van der Waals surface area contributed by atoms with Crippen molar-refractivity contribution in [2.45, 2.75) is 45.1 Å². The molecule has 2 heterocycles. The smallest absolute Gasteiger partial charge is 0.240 e. The number of hydrogen-bond acceptors (Lipinski definition) is 3. The van der Waals surface area contributed by atoms with E-state index in [9.17, 15) is 9.59 Å².